The summed E-state index contributed by atoms with van der Waals surface area (Å²) >= 11 is 0. The topological polar surface area (TPSA) is 111 Å². The fourth-order valence-electron chi connectivity index (χ4n) is 6.16. The van der Waals surface area contributed by atoms with Crippen LogP contribution in [0.4, 0.5) is 0 Å². The van der Waals surface area contributed by atoms with Crippen LogP contribution >= 0.6 is 0 Å². The Labute approximate surface area is 287 Å². The summed E-state index contributed by atoms with van der Waals surface area (Å²) in [4.78, 5) is 14.6. The average Bonchev–Trinajstić information content (AvgIpc) is 3.14. The highest BCUT2D eigenvalue weighted by atomic mass is 16.7. The molecule has 0 radical (unpaired) electrons. The Morgan fingerprint density at radius 3 is 2.29 bits per heavy atom. The van der Waals surface area contributed by atoms with Crippen molar-refractivity contribution >= 4 is 5.91 Å². The van der Waals surface area contributed by atoms with E-state index in [0.717, 1.165) is 33.4 Å². The number of carbonyl (C=O) groups is 1. The summed E-state index contributed by atoms with van der Waals surface area (Å²) in [5.41, 5.74) is 7.08. The number of nitrogens with one attached hydrogen (secondary N) is 1. The van der Waals surface area contributed by atoms with Crippen molar-refractivity contribution in [1.29, 1.82) is 0 Å². The van der Waals surface area contributed by atoms with Gasteiger partial charge in [0.05, 0.1) is 24.9 Å². The minimum Gasteiger partial charge on any atom is -0.508 e. The van der Waals surface area contributed by atoms with E-state index in [0.29, 0.717) is 37.2 Å². The monoisotopic (exact) mass is 658 g/mol. The molecule has 4 atom stereocenters. The molecular formula is C41H42N2O6. The first-order valence-corrected chi connectivity index (χ1v) is 16.5. The molecule has 5 aromatic rings. The molecule has 5 aromatic carbocycles. The molecule has 1 saturated heterocycles. The van der Waals surface area contributed by atoms with Gasteiger partial charge in [0.2, 0.25) is 0 Å². The van der Waals surface area contributed by atoms with Gasteiger partial charge in [0.1, 0.15) is 5.75 Å². The van der Waals surface area contributed by atoms with E-state index in [1.54, 1.807) is 36.4 Å². The molecule has 8 nitrogen and oxygen atoms in total. The van der Waals surface area contributed by atoms with E-state index < -0.39 is 12.4 Å². The molecule has 1 heterocycles. The Morgan fingerprint density at radius 1 is 0.816 bits per heavy atom. The molecular weight excluding hydrogens is 616 g/mol. The number of aromatic hydroxyl groups is 1. The number of hydrogen-bond donors (Lipinski definition) is 4. The lowest BCUT2D eigenvalue weighted by atomic mass is 9.98. The van der Waals surface area contributed by atoms with Gasteiger partial charge in [-0.2, -0.15) is 0 Å². The van der Waals surface area contributed by atoms with Crippen molar-refractivity contribution in [2.45, 2.75) is 44.2 Å². The molecule has 1 aliphatic heterocycles. The number of phenolic OH excluding ortho intramolecular Hbond substituents is 1. The van der Waals surface area contributed by atoms with Crippen LogP contribution in [-0.4, -0.2) is 52.4 Å². The van der Waals surface area contributed by atoms with Gasteiger partial charge < -0.3 is 35.0 Å². The second-order valence-electron chi connectivity index (χ2n) is 12.6. The van der Waals surface area contributed by atoms with Gasteiger partial charge in [0.25, 0.3) is 5.91 Å². The second-order valence-corrected chi connectivity index (χ2v) is 12.6. The first kappa shape index (κ1) is 34.0. The Hall–Kier alpha value is -4.83. The molecule has 0 aliphatic carbocycles. The standard InChI is InChI=1S/C41H42N2O6/c1-43(26-38(46)35-11-6-12-36(45)22-35)25-37-23-39(31-15-13-28(27-44)14-16-31)49-41(48-37)33-19-17-30(18-20-33)34-10-5-7-29(21-34)24-42-40(47)32-8-3-2-4-9-32/h2-22,37-39,41,44-46H,23-27H2,1H3,(H,42,47)/t37-,38-,39+,41+/m1/s1. The van der Waals surface area contributed by atoms with E-state index in [1.807, 2.05) is 84.7 Å². The summed E-state index contributed by atoms with van der Waals surface area (Å²) in [5, 5.41) is 33.2. The van der Waals surface area contributed by atoms with Crippen molar-refractivity contribution in [3.05, 3.63) is 161 Å². The lowest BCUT2D eigenvalue weighted by molar-refractivity contribution is -0.252. The van der Waals surface area contributed by atoms with E-state index in [1.165, 1.54) is 0 Å². The van der Waals surface area contributed by atoms with Crippen molar-refractivity contribution in [2.24, 2.45) is 0 Å². The Bertz CT molecular complexity index is 1810. The van der Waals surface area contributed by atoms with Gasteiger partial charge in [0, 0.05) is 37.2 Å². The highest BCUT2D eigenvalue weighted by Crippen LogP contribution is 2.39. The fourth-order valence-corrected chi connectivity index (χ4v) is 6.16. The largest absolute Gasteiger partial charge is 0.508 e. The van der Waals surface area contributed by atoms with E-state index in [9.17, 15) is 20.1 Å². The molecule has 252 valence electrons. The Morgan fingerprint density at radius 2 is 1.55 bits per heavy atom. The first-order valence-electron chi connectivity index (χ1n) is 16.5. The Balaban J connectivity index is 1.15. The Kier molecular flexibility index (Phi) is 11.1. The number of hydrogen-bond acceptors (Lipinski definition) is 7. The molecule has 6 rings (SSSR count). The first-order chi connectivity index (χ1) is 23.8. The molecule has 4 N–H and O–H groups in total. The van der Waals surface area contributed by atoms with Crippen LogP contribution in [0.25, 0.3) is 11.1 Å². The van der Waals surface area contributed by atoms with Crippen molar-refractivity contribution in [3.8, 4) is 16.9 Å². The number of aliphatic hydroxyl groups is 2. The molecule has 0 aromatic heterocycles. The maximum atomic E-state index is 12.5. The smallest absolute Gasteiger partial charge is 0.251 e. The van der Waals surface area contributed by atoms with Crippen LogP contribution in [0.3, 0.4) is 0 Å². The summed E-state index contributed by atoms with van der Waals surface area (Å²) < 4.78 is 13.1. The number of carbonyl (C=O) groups excluding carboxylic acids is 1. The van der Waals surface area contributed by atoms with Crippen LogP contribution in [0.2, 0.25) is 0 Å². The van der Waals surface area contributed by atoms with Crippen molar-refractivity contribution in [3.63, 3.8) is 0 Å². The molecule has 1 aliphatic rings. The van der Waals surface area contributed by atoms with Crippen molar-refractivity contribution in [1.82, 2.24) is 10.2 Å². The predicted molar refractivity (Wildman–Crippen MR) is 188 cm³/mol. The van der Waals surface area contributed by atoms with Gasteiger partial charge in [-0.15, -0.1) is 0 Å². The summed E-state index contributed by atoms with van der Waals surface area (Å²) in [7, 11) is 1.95. The van der Waals surface area contributed by atoms with Gasteiger partial charge in [-0.1, -0.05) is 97.1 Å². The zero-order chi connectivity index (χ0) is 34.2. The molecule has 0 unspecified atom stereocenters. The van der Waals surface area contributed by atoms with E-state index in [-0.39, 0.29) is 30.5 Å². The maximum absolute atomic E-state index is 12.5. The number of likely N-dealkylation sites (N-methyl/N-ethyl adjacent to an activating group) is 1. The SMILES string of the molecule is CN(C[C@H]1C[C@@H](c2ccc(CO)cc2)O[C@@H](c2ccc(-c3cccc(CNC(=O)c4ccccc4)c3)cc2)O1)C[C@@H](O)c1cccc(O)c1. The van der Waals surface area contributed by atoms with Crippen molar-refractivity contribution < 1.29 is 29.6 Å². The van der Waals surface area contributed by atoms with Crippen LogP contribution < -0.4 is 5.32 Å². The third kappa shape index (κ3) is 9.00. The minimum absolute atomic E-state index is 0.0238. The number of phenols is 1. The van der Waals surface area contributed by atoms with Crippen molar-refractivity contribution in [2.75, 3.05) is 20.1 Å². The third-order valence-electron chi connectivity index (χ3n) is 8.80. The van der Waals surface area contributed by atoms with Gasteiger partial charge in [0.15, 0.2) is 6.29 Å². The molecule has 0 spiro atoms. The average molecular weight is 659 g/mol. The van der Waals surface area contributed by atoms with Crippen LogP contribution in [0.1, 0.15) is 63.1 Å². The normalized spacial score (nSPS) is 18.2. The van der Waals surface area contributed by atoms with Gasteiger partial charge in [-0.05, 0) is 70.8 Å². The summed E-state index contributed by atoms with van der Waals surface area (Å²) in [6.07, 6.45) is -1.18. The highest BCUT2D eigenvalue weighted by molar-refractivity contribution is 5.94. The van der Waals surface area contributed by atoms with Gasteiger partial charge in [-0.3, -0.25) is 4.79 Å². The minimum atomic E-state index is -0.763. The van der Waals surface area contributed by atoms with E-state index in [4.69, 9.17) is 9.47 Å². The third-order valence-corrected chi connectivity index (χ3v) is 8.80. The predicted octanol–water partition coefficient (Wildman–Crippen LogP) is 6.69. The number of aliphatic hydroxyl groups excluding tert-OH is 2. The quantitative estimate of drug-likeness (QED) is 0.118. The zero-order valence-electron chi connectivity index (χ0n) is 27.5. The van der Waals surface area contributed by atoms with Gasteiger partial charge in [-0.25, -0.2) is 0 Å². The van der Waals surface area contributed by atoms with Gasteiger partial charge >= 0.3 is 0 Å². The number of rotatable bonds is 12. The molecule has 0 saturated carbocycles. The number of benzene rings is 5. The maximum Gasteiger partial charge on any atom is 0.251 e. The van der Waals surface area contributed by atoms with E-state index in [2.05, 4.69) is 23.5 Å². The van der Waals surface area contributed by atoms with Crippen LogP contribution in [0.15, 0.2) is 127 Å². The lowest BCUT2D eigenvalue weighted by Gasteiger charge is -2.38. The summed E-state index contributed by atoms with van der Waals surface area (Å²) in [6, 6.07) is 39.9. The number of amides is 1. The second kappa shape index (κ2) is 16.0. The number of ether oxygens (including phenoxy) is 2. The molecule has 1 fully saturated rings. The zero-order valence-corrected chi connectivity index (χ0v) is 27.5. The highest BCUT2D eigenvalue weighted by Gasteiger charge is 2.33. The molecule has 0 bridgehead atoms. The molecule has 1 amide bonds. The number of nitrogens with zero attached hydrogens (tertiary/aromatic N) is 1. The summed E-state index contributed by atoms with van der Waals surface area (Å²) in [5.74, 6) is 0.0126. The summed E-state index contributed by atoms with van der Waals surface area (Å²) in [6.45, 7) is 1.33. The molecule has 49 heavy (non-hydrogen) atoms. The van der Waals surface area contributed by atoms with Crippen LogP contribution in [-0.2, 0) is 22.6 Å². The van der Waals surface area contributed by atoms with E-state index >= 15 is 0 Å². The molecule has 8 heteroatoms. The lowest BCUT2D eigenvalue weighted by Crippen LogP contribution is -2.39. The fraction of sp³-hybridized carbons (Fsp3) is 0.244. The van der Waals surface area contributed by atoms with Crippen LogP contribution in [0, 0.1) is 0 Å². The van der Waals surface area contributed by atoms with Crippen LogP contribution in [0.5, 0.6) is 5.75 Å².